The zero-order chi connectivity index (χ0) is 16.2. The molecule has 4 heteroatoms. The molecule has 4 nitrogen and oxygen atoms in total. The molecule has 0 unspecified atom stereocenters. The summed E-state index contributed by atoms with van der Waals surface area (Å²) >= 11 is 0. The van der Waals surface area contributed by atoms with Gasteiger partial charge in [-0.25, -0.2) is 4.98 Å². The number of ether oxygens (including phenoxy) is 2. The van der Waals surface area contributed by atoms with E-state index in [1.54, 1.807) is 0 Å². The topological polar surface area (TPSA) is 43.4 Å². The first-order valence-corrected chi connectivity index (χ1v) is 8.24. The fraction of sp³-hybridized carbons (Fsp3) is 0.421. The van der Waals surface area contributed by atoms with Crippen LogP contribution in [0.1, 0.15) is 32.3 Å². The zero-order valence-corrected chi connectivity index (χ0v) is 14.1. The molecule has 0 aliphatic carbocycles. The third-order valence-corrected chi connectivity index (χ3v) is 4.10. The number of nitrogens with one attached hydrogen (secondary N) is 1. The molecule has 0 bridgehead atoms. The molecule has 2 aromatic rings. The first-order valence-electron chi connectivity index (χ1n) is 8.24. The van der Waals surface area contributed by atoms with Crippen LogP contribution in [0, 0.1) is 5.92 Å². The van der Waals surface area contributed by atoms with Crippen molar-refractivity contribution in [2.24, 2.45) is 5.92 Å². The minimum absolute atomic E-state index is 0.531. The van der Waals surface area contributed by atoms with E-state index < -0.39 is 0 Å². The van der Waals surface area contributed by atoms with Crippen LogP contribution in [0.4, 0.5) is 5.82 Å². The largest absolute Gasteiger partial charge is 0.493 e. The maximum absolute atomic E-state index is 5.92. The van der Waals surface area contributed by atoms with Crippen molar-refractivity contribution in [1.82, 2.24) is 4.98 Å². The maximum Gasteiger partial charge on any atom is 0.132 e. The number of pyridine rings is 1. The normalized spacial score (nSPS) is 12.3. The maximum atomic E-state index is 5.92. The highest BCUT2D eigenvalue weighted by Gasteiger charge is 2.20. The molecule has 0 amide bonds. The van der Waals surface area contributed by atoms with Crippen LogP contribution < -0.4 is 14.8 Å². The van der Waals surface area contributed by atoms with Gasteiger partial charge < -0.3 is 14.8 Å². The van der Waals surface area contributed by atoms with Crippen molar-refractivity contribution in [1.29, 1.82) is 0 Å². The number of benzene rings is 1. The van der Waals surface area contributed by atoms with Crippen LogP contribution in [-0.4, -0.2) is 18.6 Å². The Morgan fingerprint density at radius 2 is 2.13 bits per heavy atom. The van der Waals surface area contributed by atoms with Crippen LogP contribution >= 0.6 is 0 Å². The van der Waals surface area contributed by atoms with Crippen molar-refractivity contribution in [3.63, 3.8) is 0 Å². The Hall–Kier alpha value is -2.23. The summed E-state index contributed by atoms with van der Waals surface area (Å²) in [5, 5.41) is 3.12. The van der Waals surface area contributed by atoms with Crippen LogP contribution in [0.2, 0.25) is 0 Å². The second-order valence-corrected chi connectivity index (χ2v) is 6.27. The number of hydrogen-bond acceptors (Lipinski definition) is 4. The van der Waals surface area contributed by atoms with E-state index in [0.29, 0.717) is 6.61 Å². The number of fused-ring (bicyclic) bond motifs is 3. The van der Waals surface area contributed by atoms with Gasteiger partial charge in [-0.3, -0.25) is 0 Å². The molecular formula is C19H24N2O2. The predicted molar refractivity (Wildman–Crippen MR) is 93.1 cm³/mol. The molecule has 2 heterocycles. The van der Waals surface area contributed by atoms with E-state index >= 15 is 0 Å². The average molecular weight is 312 g/mol. The predicted octanol–water partition coefficient (Wildman–Crippen LogP) is 4.50. The van der Waals surface area contributed by atoms with Gasteiger partial charge in [0.1, 0.15) is 23.9 Å². The molecule has 1 aromatic heterocycles. The van der Waals surface area contributed by atoms with Crippen LogP contribution in [0.25, 0.3) is 11.1 Å². The molecule has 3 rings (SSSR count). The summed E-state index contributed by atoms with van der Waals surface area (Å²) in [4.78, 5) is 4.35. The summed E-state index contributed by atoms with van der Waals surface area (Å²) in [5.74, 6) is 3.35. The van der Waals surface area contributed by atoms with Crippen LogP contribution in [-0.2, 0) is 6.61 Å². The van der Waals surface area contributed by atoms with Crippen molar-refractivity contribution >= 4 is 5.82 Å². The number of rotatable bonds is 6. The molecule has 122 valence electrons. The quantitative estimate of drug-likeness (QED) is 0.798. The average Bonchev–Trinajstić information content (AvgIpc) is 2.57. The first kappa shape index (κ1) is 15.7. The Morgan fingerprint density at radius 1 is 1.26 bits per heavy atom. The highest BCUT2D eigenvalue weighted by atomic mass is 16.5. The Kier molecular flexibility index (Phi) is 4.70. The summed E-state index contributed by atoms with van der Waals surface area (Å²) in [6, 6.07) is 8.13. The van der Waals surface area contributed by atoms with E-state index in [0.717, 1.165) is 47.4 Å². The molecule has 0 spiro atoms. The molecule has 1 aliphatic heterocycles. The molecule has 0 saturated carbocycles. The van der Waals surface area contributed by atoms with Gasteiger partial charge in [0.25, 0.3) is 0 Å². The summed E-state index contributed by atoms with van der Waals surface area (Å²) < 4.78 is 11.8. The van der Waals surface area contributed by atoms with Crippen molar-refractivity contribution < 1.29 is 9.47 Å². The third-order valence-electron chi connectivity index (χ3n) is 4.10. The molecule has 1 aromatic carbocycles. The van der Waals surface area contributed by atoms with E-state index in [9.17, 15) is 0 Å². The van der Waals surface area contributed by atoms with Gasteiger partial charge in [0, 0.05) is 30.4 Å². The van der Waals surface area contributed by atoms with Gasteiger partial charge in [-0.05, 0) is 42.5 Å². The summed E-state index contributed by atoms with van der Waals surface area (Å²) in [6.07, 6.45) is 4.10. The van der Waals surface area contributed by atoms with Crippen molar-refractivity contribution in [3.05, 3.63) is 36.0 Å². The summed E-state index contributed by atoms with van der Waals surface area (Å²) in [7, 11) is 1.88. The van der Waals surface area contributed by atoms with Crippen molar-refractivity contribution in [2.45, 2.75) is 33.3 Å². The first-order chi connectivity index (χ1) is 11.2. The van der Waals surface area contributed by atoms with Gasteiger partial charge in [-0.15, -0.1) is 0 Å². The van der Waals surface area contributed by atoms with E-state index in [-0.39, 0.29) is 0 Å². The highest BCUT2D eigenvalue weighted by Crippen LogP contribution is 2.41. The number of anilines is 1. The lowest BCUT2D eigenvalue weighted by Gasteiger charge is -2.23. The van der Waals surface area contributed by atoms with Gasteiger partial charge in [0.15, 0.2) is 0 Å². The van der Waals surface area contributed by atoms with Crippen LogP contribution in [0.5, 0.6) is 11.5 Å². The molecule has 1 aliphatic rings. The fourth-order valence-corrected chi connectivity index (χ4v) is 2.87. The highest BCUT2D eigenvalue weighted by molar-refractivity contribution is 5.78. The summed E-state index contributed by atoms with van der Waals surface area (Å²) in [5.41, 5.74) is 3.38. The second-order valence-electron chi connectivity index (χ2n) is 6.27. The van der Waals surface area contributed by atoms with E-state index in [4.69, 9.17) is 9.47 Å². The minimum atomic E-state index is 0.531. The lowest BCUT2D eigenvalue weighted by molar-refractivity contribution is 0.285. The number of nitrogens with zero attached hydrogens (tertiary/aromatic N) is 1. The Labute approximate surface area is 137 Å². The third kappa shape index (κ3) is 3.41. The van der Waals surface area contributed by atoms with E-state index in [1.807, 2.05) is 31.4 Å². The van der Waals surface area contributed by atoms with Crippen molar-refractivity contribution in [2.75, 3.05) is 19.0 Å². The monoisotopic (exact) mass is 312 g/mol. The second kappa shape index (κ2) is 6.90. The smallest absolute Gasteiger partial charge is 0.132 e. The van der Waals surface area contributed by atoms with Gasteiger partial charge in [0.2, 0.25) is 0 Å². The van der Waals surface area contributed by atoms with E-state index in [1.165, 1.54) is 12.0 Å². The van der Waals surface area contributed by atoms with Crippen LogP contribution in [0.15, 0.2) is 30.5 Å². The molecular weight excluding hydrogens is 288 g/mol. The lowest BCUT2D eigenvalue weighted by atomic mass is 9.98. The Morgan fingerprint density at radius 3 is 2.91 bits per heavy atom. The Balaban J connectivity index is 1.77. The van der Waals surface area contributed by atoms with Crippen LogP contribution in [0.3, 0.4) is 0 Å². The molecule has 0 saturated heterocycles. The lowest BCUT2D eigenvalue weighted by Crippen LogP contribution is -2.10. The Bertz CT molecular complexity index is 683. The number of aromatic nitrogens is 1. The summed E-state index contributed by atoms with van der Waals surface area (Å²) in [6.45, 7) is 5.75. The molecule has 0 atom stereocenters. The van der Waals surface area contributed by atoms with Gasteiger partial charge >= 0.3 is 0 Å². The van der Waals surface area contributed by atoms with Gasteiger partial charge in [0.05, 0.1) is 6.61 Å². The molecule has 0 fully saturated rings. The van der Waals surface area contributed by atoms with Gasteiger partial charge in [-0.2, -0.15) is 0 Å². The van der Waals surface area contributed by atoms with E-state index in [2.05, 4.69) is 30.2 Å². The fourth-order valence-electron chi connectivity index (χ4n) is 2.87. The standard InChI is InChI=1S/C19H24N2O2/c1-13(2)5-4-10-22-14-6-7-16-15-8-9-21-19(20-3)17(15)12-23-18(16)11-14/h6-9,11,13H,4-5,10,12H2,1-3H3,(H,20,21). The zero-order valence-electron chi connectivity index (χ0n) is 14.1. The minimum Gasteiger partial charge on any atom is -0.493 e. The SMILES string of the molecule is CNc1nccc2c1COc1cc(OCCCC(C)C)ccc1-2. The molecule has 1 N–H and O–H groups in total. The van der Waals surface area contributed by atoms with Gasteiger partial charge in [-0.1, -0.05) is 13.8 Å². The number of hydrogen-bond donors (Lipinski definition) is 1. The molecule has 23 heavy (non-hydrogen) atoms. The molecule has 0 radical (unpaired) electrons. The van der Waals surface area contributed by atoms with Crippen molar-refractivity contribution in [3.8, 4) is 22.6 Å².